The first-order valence-corrected chi connectivity index (χ1v) is 8.97. The molecule has 0 N–H and O–H groups in total. The molecule has 5 heteroatoms. The zero-order chi connectivity index (χ0) is 18.9. The van der Waals surface area contributed by atoms with E-state index in [-0.39, 0.29) is 12.6 Å². The van der Waals surface area contributed by atoms with Crippen LogP contribution in [-0.4, -0.2) is 11.8 Å². The van der Waals surface area contributed by atoms with Crippen molar-refractivity contribution in [3.8, 4) is 17.1 Å². The van der Waals surface area contributed by atoms with Crippen molar-refractivity contribution < 1.29 is 18.6 Å². The van der Waals surface area contributed by atoms with Crippen molar-refractivity contribution in [2.24, 2.45) is 0 Å². The van der Waals surface area contributed by atoms with E-state index in [1.807, 2.05) is 48.6 Å². The van der Waals surface area contributed by atoms with Crippen LogP contribution < -0.4 is 4.74 Å². The Bertz CT molecular complexity index is 1150. The van der Waals surface area contributed by atoms with E-state index in [9.17, 15) is 4.39 Å². The largest absolute Gasteiger partial charge is 0.454 e. The summed E-state index contributed by atoms with van der Waals surface area (Å²) < 4.78 is 30.3. The number of benzene rings is 2. The number of halogens is 1. The summed E-state index contributed by atoms with van der Waals surface area (Å²) in [6.45, 7) is 0.244. The fourth-order valence-electron chi connectivity index (χ4n) is 3.23. The molecule has 28 heavy (non-hydrogen) atoms. The van der Waals surface area contributed by atoms with Crippen molar-refractivity contribution in [2.45, 2.75) is 6.42 Å². The van der Waals surface area contributed by atoms with Gasteiger partial charge in [0, 0.05) is 17.4 Å². The molecular weight excluding hydrogens is 357 g/mol. The van der Waals surface area contributed by atoms with Crippen molar-refractivity contribution in [1.29, 1.82) is 0 Å². The third-order valence-electron chi connectivity index (χ3n) is 4.65. The van der Waals surface area contributed by atoms with E-state index >= 15 is 0 Å². The van der Waals surface area contributed by atoms with Gasteiger partial charge in [0.05, 0.1) is 5.69 Å². The maximum atomic E-state index is 13.3. The topological polar surface area (TPSA) is 40.6 Å². The molecule has 0 atom stereocenters. The first kappa shape index (κ1) is 16.6. The molecule has 0 radical (unpaired) electrons. The SMILES string of the molecule is Fc1ccc(-c2cc3ccccc3c(OC3=CC=C4OCOC4=CC3)n2)cc1. The molecule has 4 nitrogen and oxygen atoms in total. The number of hydrogen-bond acceptors (Lipinski definition) is 4. The van der Waals surface area contributed by atoms with Crippen LogP contribution in [0.3, 0.4) is 0 Å². The molecule has 1 fully saturated rings. The summed E-state index contributed by atoms with van der Waals surface area (Å²) in [5.74, 6) is 2.40. The Morgan fingerprint density at radius 2 is 1.75 bits per heavy atom. The molecule has 2 aliphatic rings. The Morgan fingerprint density at radius 3 is 2.64 bits per heavy atom. The second kappa shape index (κ2) is 6.85. The molecule has 2 aromatic carbocycles. The fraction of sp³-hybridized carbons (Fsp3) is 0.0870. The highest BCUT2D eigenvalue weighted by Crippen LogP contribution is 2.32. The molecule has 3 aromatic rings. The summed E-state index contributed by atoms with van der Waals surface area (Å²) in [6, 6.07) is 16.2. The number of hydrogen-bond donors (Lipinski definition) is 0. The Hall–Kier alpha value is -3.60. The summed E-state index contributed by atoms with van der Waals surface area (Å²) in [5, 5.41) is 1.91. The summed E-state index contributed by atoms with van der Waals surface area (Å²) in [5.41, 5.74) is 1.55. The predicted octanol–water partition coefficient (Wildman–Crippen LogP) is 5.48. The van der Waals surface area contributed by atoms with Crippen molar-refractivity contribution in [3.05, 3.63) is 95.9 Å². The minimum absolute atomic E-state index is 0.244. The number of nitrogens with zero attached hydrogens (tertiary/aromatic N) is 1. The summed E-state index contributed by atoms with van der Waals surface area (Å²) >= 11 is 0. The van der Waals surface area contributed by atoms with Crippen molar-refractivity contribution >= 4 is 10.8 Å². The van der Waals surface area contributed by atoms with E-state index in [1.54, 1.807) is 12.1 Å². The molecule has 0 amide bonds. The lowest BCUT2D eigenvalue weighted by atomic mass is 10.1. The van der Waals surface area contributed by atoms with Gasteiger partial charge in [-0.15, -0.1) is 0 Å². The monoisotopic (exact) mass is 373 g/mol. The first-order chi connectivity index (χ1) is 13.8. The Balaban J connectivity index is 1.56. The number of ether oxygens (including phenoxy) is 3. The molecule has 0 saturated carbocycles. The van der Waals surface area contributed by atoms with Crippen LogP contribution in [0.5, 0.6) is 5.88 Å². The van der Waals surface area contributed by atoms with E-state index in [2.05, 4.69) is 0 Å². The van der Waals surface area contributed by atoms with Gasteiger partial charge in [-0.25, -0.2) is 9.37 Å². The minimum Gasteiger partial charge on any atom is -0.454 e. The maximum Gasteiger partial charge on any atom is 0.231 e. The first-order valence-electron chi connectivity index (χ1n) is 8.97. The fourth-order valence-corrected chi connectivity index (χ4v) is 3.23. The van der Waals surface area contributed by atoms with Crippen molar-refractivity contribution in [1.82, 2.24) is 4.98 Å². The lowest BCUT2D eigenvalue weighted by molar-refractivity contribution is 0.0973. The lowest BCUT2D eigenvalue weighted by Gasteiger charge is -2.12. The van der Waals surface area contributed by atoms with E-state index < -0.39 is 0 Å². The molecule has 0 unspecified atom stereocenters. The van der Waals surface area contributed by atoms with Crippen LogP contribution in [0.1, 0.15) is 6.42 Å². The number of pyridine rings is 1. The number of rotatable bonds is 3. The van der Waals surface area contributed by atoms with Gasteiger partial charge >= 0.3 is 0 Å². The molecule has 1 aliphatic carbocycles. The highest BCUT2D eigenvalue weighted by atomic mass is 19.1. The van der Waals surface area contributed by atoms with Gasteiger partial charge in [-0.05, 0) is 60.0 Å². The van der Waals surface area contributed by atoms with Gasteiger partial charge in [-0.2, -0.15) is 0 Å². The zero-order valence-corrected chi connectivity index (χ0v) is 14.9. The summed E-state index contributed by atoms with van der Waals surface area (Å²) in [7, 11) is 0. The van der Waals surface area contributed by atoms with Gasteiger partial charge in [0.1, 0.15) is 11.6 Å². The number of aromatic nitrogens is 1. The number of allylic oxidation sites excluding steroid dienone is 3. The molecule has 5 rings (SSSR count). The normalized spacial score (nSPS) is 15.5. The third-order valence-corrected chi connectivity index (χ3v) is 4.65. The van der Waals surface area contributed by atoms with Gasteiger partial charge < -0.3 is 14.2 Å². The lowest BCUT2D eigenvalue weighted by Crippen LogP contribution is -1.99. The highest BCUT2D eigenvalue weighted by molar-refractivity contribution is 5.90. The van der Waals surface area contributed by atoms with E-state index in [0.29, 0.717) is 18.1 Å². The predicted molar refractivity (Wildman–Crippen MR) is 104 cm³/mol. The summed E-state index contributed by atoms with van der Waals surface area (Å²) in [4.78, 5) is 4.71. The van der Waals surface area contributed by atoms with Crippen LogP contribution in [0.4, 0.5) is 4.39 Å². The average Bonchev–Trinajstić information content (AvgIpc) is 3.09. The molecule has 1 aliphatic heterocycles. The Morgan fingerprint density at radius 1 is 0.929 bits per heavy atom. The Kier molecular flexibility index (Phi) is 4.05. The molecule has 2 heterocycles. The van der Waals surface area contributed by atoms with Crippen molar-refractivity contribution in [2.75, 3.05) is 6.79 Å². The minimum atomic E-state index is -0.277. The zero-order valence-electron chi connectivity index (χ0n) is 14.9. The van der Waals surface area contributed by atoms with Crippen LogP contribution >= 0.6 is 0 Å². The maximum absolute atomic E-state index is 13.3. The molecule has 1 aromatic heterocycles. The quantitative estimate of drug-likeness (QED) is 0.610. The molecule has 0 spiro atoms. The van der Waals surface area contributed by atoms with Gasteiger partial charge in [0.15, 0.2) is 11.5 Å². The van der Waals surface area contributed by atoms with E-state index in [1.165, 1.54) is 12.1 Å². The van der Waals surface area contributed by atoms with Crippen LogP contribution in [0.15, 0.2) is 90.1 Å². The molecule has 1 saturated heterocycles. The van der Waals surface area contributed by atoms with Crippen LogP contribution in [0.2, 0.25) is 0 Å². The van der Waals surface area contributed by atoms with Crippen LogP contribution in [0, 0.1) is 5.82 Å². The second-order valence-corrected chi connectivity index (χ2v) is 6.49. The summed E-state index contributed by atoms with van der Waals surface area (Å²) in [6.07, 6.45) is 6.21. The molecule has 0 bridgehead atoms. The number of fused-ring (bicyclic) bond motifs is 2. The van der Waals surface area contributed by atoms with Gasteiger partial charge in [0.25, 0.3) is 0 Å². The standard InChI is InChI=1S/C23H16FNO3/c24-17-7-5-15(6-8-17)20-13-16-3-1-2-4-19(16)23(25-20)28-18-9-11-21-22(12-10-18)27-14-26-21/h1-9,11-13H,10,14H2. The van der Waals surface area contributed by atoms with E-state index in [0.717, 1.165) is 33.5 Å². The van der Waals surface area contributed by atoms with Gasteiger partial charge in [-0.1, -0.05) is 18.2 Å². The molecule has 138 valence electrons. The third kappa shape index (κ3) is 3.11. The van der Waals surface area contributed by atoms with Gasteiger partial charge in [0.2, 0.25) is 12.7 Å². The Labute approximate surface area is 161 Å². The van der Waals surface area contributed by atoms with Gasteiger partial charge in [-0.3, -0.25) is 0 Å². The van der Waals surface area contributed by atoms with Crippen molar-refractivity contribution in [3.63, 3.8) is 0 Å². The van der Waals surface area contributed by atoms with E-state index in [4.69, 9.17) is 19.2 Å². The highest BCUT2D eigenvalue weighted by Gasteiger charge is 2.19. The second-order valence-electron chi connectivity index (χ2n) is 6.49. The molecular formula is C23H16FNO3. The van der Waals surface area contributed by atoms with Crippen LogP contribution in [0.25, 0.3) is 22.0 Å². The van der Waals surface area contributed by atoms with Crippen LogP contribution in [-0.2, 0) is 9.47 Å². The average molecular weight is 373 g/mol. The smallest absolute Gasteiger partial charge is 0.231 e.